The number of ether oxygens (including phenoxy) is 2. The first-order chi connectivity index (χ1) is 12.0. The maximum Gasteiger partial charge on any atom is 0.270 e. The molecule has 0 aliphatic rings. The van der Waals surface area contributed by atoms with E-state index < -0.39 is 16.9 Å². The number of carbonyl (C=O) groups excluding carboxylic acids is 1. The highest BCUT2D eigenvalue weighted by atomic mass is 35.5. The van der Waals surface area contributed by atoms with Gasteiger partial charge in [-0.05, 0) is 12.1 Å². The zero-order chi connectivity index (χ0) is 18.4. The molecule has 1 atom stereocenters. The lowest BCUT2D eigenvalue weighted by Crippen LogP contribution is -2.29. The van der Waals surface area contributed by atoms with Crippen LogP contribution in [0.4, 0.5) is 5.69 Å². The minimum atomic E-state index is -0.573. The number of hydrogen-bond donors (Lipinski definition) is 1. The van der Waals surface area contributed by atoms with Gasteiger partial charge in [0.2, 0.25) is 0 Å². The highest BCUT2D eigenvalue weighted by molar-refractivity contribution is 6.34. The molecule has 0 spiro atoms. The van der Waals surface area contributed by atoms with E-state index in [4.69, 9.17) is 21.1 Å². The summed E-state index contributed by atoms with van der Waals surface area (Å²) in [6.07, 6.45) is -0.420. The third-order valence-corrected chi connectivity index (χ3v) is 3.94. The minimum absolute atomic E-state index is 0.0120. The Morgan fingerprint density at radius 1 is 1.28 bits per heavy atom. The summed E-state index contributed by atoms with van der Waals surface area (Å²) in [6.45, 7) is 0.184. The normalized spacial score (nSPS) is 11.6. The number of para-hydroxylation sites is 1. The number of hydrogen-bond acceptors (Lipinski definition) is 5. The van der Waals surface area contributed by atoms with Crippen molar-refractivity contribution in [3.63, 3.8) is 0 Å². The van der Waals surface area contributed by atoms with Gasteiger partial charge in [0.15, 0.2) is 0 Å². The molecule has 0 aromatic heterocycles. The van der Waals surface area contributed by atoms with Crippen LogP contribution in [0.15, 0.2) is 42.5 Å². The molecule has 0 fully saturated rings. The molecule has 1 unspecified atom stereocenters. The number of nitrogens with zero attached hydrogens (tertiary/aromatic N) is 1. The van der Waals surface area contributed by atoms with Crippen LogP contribution in [-0.4, -0.2) is 31.6 Å². The van der Waals surface area contributed by atoms with E-state index in [1.54, 1.807) is 13.2 Å². The Morgan fingerprint density at radius 3 is 2.60 bits per heavy atom. The summed E-state index contributed by atoms with van der Waals surface area (Å²) in [7, 11) is 3.09. The fourth-order valence-electron chi connectivity index (χ4n) is 2.34. The number of amides is 1. The fraction of sp³-hybridized carbons (Fsp3) is 0.235. The van der Waals surface area contributed by atoms with Gasteiger partial charge in [0.1, 0.15) is 11.9 Å². The van der Waals surface area contributed by atoms with Crippen LogP contribution in [0.5, 0.6) is 5.75 Å². The van der Waals surface area contributed by atoms with E-state index in [2.05, 4.69) is 5.32 Å². The third-order valence-electron chi connectivity index (χ3n) is 3.63. The van der Waals surface area contributed by atoms with Crippen molar-refractivity contribution in [2.45, 2.75) is 6.10 Å². The Labute approximate surface area is 149 Å². The van der Waals surface area contributed by atoms with Crippen molar-refractivity contribution in [2.75, 3.05) is 20.8 Å². The van der Waals surface area contributed by atoms with Crippen molar-refractivity contribution in [1.29, 1.82) is 0 Å². The number of rotatable bonds is 7. The van der Waals surface area contributed by atoms with Crippen LogP contribution in [0, 0.1) is 10.1 Å². The van der Waals surface area contributed by atoms with E-state index in [1.165, 1.54) is 19.2 Å². The van der Waals surface area contributed by atoms with Gasteiger partial charge < -0.3 is 14.8 Å². The summed E-state index contributed by atoms with van der Waals surface area (Å²) < 4.78 is 10.7. The summed E-state index contributed by atoms with van der Waals surface area (Å²) in [4.78, 5) is 22.5. The van der Waals surface area contributed by atoms with Gasteiger partial charge in [-0.2, -0.15) is 0 Å². The van der Waals surface area contributed by atoms with Crippen molar-refractivity contribution in [3.05, 3.63) is 68.7 Å². The van der Waals surface area contributed by atoms with Crippen molar-refractivity contribution >= 4 is 23.2 Å². The highest BCUT2D eigenvalue weighted by Gasteiger charge is 2.19. The second-order valence-corrected chi connectivity index (χ2v) is 5.50. The second-order valence-electron chi connectivity index (χ2n) is 5.10. The molecule has 0 aliphatic heterocycles. The van der Waals surface area contributed by atoms with E-state index in [1.807, 2.05) is 18.2 Å². The molecular formula is C17H17ClN2O5. The van der Waals surface area contributed by atoms with Crippen LogP contribution in [0.25, 0.3) is 0 Å². The quantitative estimate of drug-likeness (QED) is 0.600. The van der Waals surface area contributed by atoms with E-state index in [0.29, 0.717) is 5.75 Å². The summed E-state index contributed by atoms with van der Waals surface area (Å²) >= 11 is 5.97. The standard InChI is InChI=1S/C17H17ClN2O5/c1-24-15-6-4-3-5-13(15)16(25-2)10-19-17(21)12-8-7-11(20(22)23)9-14(12)18/h3-9,16H,10H2,1-2H3,(H,19,21). The summed E-state index contributed by atoms with van der Waals surface area (Å²) in [5, 5.41) is 13.5. The number of carbonyl (C=O) groups is 1. The van der Waals surface area contributed by atoms with E-state index in [9.17, 15) is 14.9 Å². The third kappa shape index (κ3) is 4.46. The Hall–Kier alpha value is -2.64. The Morgan fingerprint density at radius 2 is 2.00 bits per heavy atom. The molecule has 1 N–H and O–H groups in total. The first-order valence-electron chi connectivity index (χ1n) is 7.35. The molecule has 132 valence electrons. The Bertz CT molecular complexity index is 781. The van der Waals surface area contributed by atoms with Gasteiger partial charge in [0.25, 0.3) is 11.6 Å². The molecule has 0 bridgehead atoms. The van der Waals surface area contributed by atoms with E-state index in [0.717, 1.165) is 11.6 Å². The minimum Gasteiger partial charge on any atom is -0.496 e. The maximum absolute atomic E-state index is 12.3. The predicted octanol–water partition coefficient (Wildman–Crippen LogP) is 3.37. The van der Waals surface area contributed by atoms with Crippen LogP contribution in [0.3, 0.4) is 0 Å². The Kier molecular flexibility index (Phi) is 6.32. The van der Waals surface area contributed by atoms with Gasteiger partial charge in [-0.15, -0.1) is 0 Å². The molecule has 0 heterocycles. The lowest BCUT2D eigenvalue weighted by molar-refractivity contribution is -0.384. The molecule has 8 heteroatoms. The largest absolute Gasteiger partial charge is 0.496 e. The number of nitrogens with one attached hydrogen (secondary N) is 1. The van der Waals surface area contributed by atoms with Gasteiger partial charge in [0, 0.05) is 31.4 Å². The average molecular weight is 365 g/mol. The lowest BCUT2D eigenvalue weighted by Gasteiger charge is -2.19. The fourth-order valence-corrected chi connectivity index (χ4v) is 2.60. The maximum atomic E-state index is 12.3. The number of non-ortho nitro benzene ring substituents is 1. The van der Waals surface area contributed by atoms with Crippen molar-refractivity contribution < 1.29 is 19.2 Å². The molecule has 7 nitrogen and oxygen atoms in total. The molecule has 1 amide bonds. The van der Waals surface area contributed by atoms with Crippen molar-refractivity contribution in [3.8, 4) is 5.75 Å². The van der Waals surface area contributed by atoms with Crippen molar-refractivity contribution in [1.82, 2.24) is 5.32 Å². The molecule has 2 aromatic carbocycles. The topological polar surface area (TPSA) is 90.7 Å². The van der Waals surface area contributed by atoms with Crippen molar-refractivity contribution in [2.24, 2.45) is 0 Å². The van der Waals surface area contributed by atoms with Crippen LogP contribution in [-0.2, 0) is 4.74 Å². The molecule has 0 saturated carbocycles. The van der Waals surface area contributed by atoms with Crippen LogP contribution < -0.4 is 10.1 Å². The summed E-state index contributed by atoms with van der Waals surface area (Å²) in [6, 6.07) is 11.0. The number of benzene rings is 2. The van der Waals surface area contributed by atoms with Gasteiger partial charge in [-0.3, -0.25) is 14.9 Å². The van der Waals surface area contributed by atoms with Crippen LogP contribution in [0.1, 0.15) is 22.0 Å². The molecular weight excluding hydrogens is 348 g/mol. The summed E-state index contributed by atoms with van der Waals surface area (Å²) in [5.41, 5.74) is 0.773. The molecule has 25 heavy (non-hydrogen) atoms. The smallest absolute Gasteiger partial charge is 0.270 e. The number of methoxy groups -OCH3 is 2. The van der Waals surface area contributed by atoms with Crippen LogP contribution >= 0.6 is 11.6 Å². The van der Waals surface area contributed by atoms with Gasteiger partial charge >= 0.3 is 0 Å². The zero-order valence-corrected chi connectivity index (χ0v) is 14.4. The number of halogens is 1. The zero-order valence-electron chi connectivity index (χ0n) is 13.7. The lowest BCUT2D eigenvalue weighted by atomic mass is 10.1. The molecule has 0 radical (unpaired) electrons. The van der Waals surface area contributed by atoms with Crippen LogP contribution in [0.2, 0.25) is 5.02 Å². The Balaban J connectivity index is 2.11. The SMILES string of the molecule is COc1ccccc1C(CNC(=O)c1ccc([N+](=O)[O-])cc1Cl)OC. The number of nitro groups is 1. The second kappa shape index (κ2) is 8.46. The highest BCUT2D eigenvalue weighted by Crippen LogP contribution is 2.27. The predicted molar refractivity (Wildman–Crippen MR) is 93.2 cm³/mol. The first kappa shape index (κ1) is 18.7. The van der Waals surface area contributed by atoms with E-state index >= 15 is 0 Å². The molecule has 0 aliphatic carbocycles. The average Bonchev–Trinajstić information content (AvgIpc) is 2.62. The van der Waals surface area contributed by atoms with Gasteiger partial charge in [0.05, 0.1) is 22.6 Å². The molecule has 0 saturated heterocycles. The van der Waals surface area contributed by atoms with Gasteiger partial charge in [-0.25, -0.2) is 0 Å². The summed E-state index contributed by atoms with van der Waals surface area (Å²) in [5.74, 6) is 0.203. The van der Waals surface area contributed by atoms with Gasteiger partial charge in [-0.1, -0.05) is 29.8 Å². The molecule has 2 rings (SSSR count). The monoisotopic (exact) mass is 364 g/mol. The first-order valence-corrected chi connectivity index (χ1v) is 7.73. The van der Waals surface area contributed by atoms with E-state index in [-0.39, 0.29) is 22.8 Å². The number of nitro benzene ring substituents is 1. The molecule has 2 aromatic rings.